The fraction of sp³-hybridized carbons (Fsp3) is 0. The van der Waals surface area contributed by atoms with Crippen LogP contribution in [0.4, 0.5) is 5.69 Å². The van der Waals surface area contributed by atoms with Crippen molar-refractivity contribution < 1.29 is 0 Å². The molecule has 0 radical (unpaired) electrons. The lowest BCUT2D eigenvalue weighted by atomic mass is 10.3. The summed E-state index contributed by atoms with van der Waals surface area (Å²) in [6, 6.07) is 9.33. The van der Waals surface area contributed by atoms with Gasteiger partial charge < -0.3 is 5.84 Å². The first-order valence-corrected chi connectivity index (χ1v) is 2.59. The van der Waals surface area contributed by atoms with Gasteiger partial charge in [0.15, 0.2) is 0 Å². The van der Waals surface area contributed by atoms with Gasteiger partial charge in [0.05, 0.1) is 5.69 Å². The van der Waals surface area contributed by atoms with E-state index in [0.717, 1.165) is 5.69 Å². The van der Waals surface area contributed by atoms with Gasteiger partial charge >= 0.3 is 0 Å². The number of rotatable bonds is 1. The zero-order valence-corrected chi connectivity index (χ0v) is 4.86. The highest BCUT2D eigenvalue weighted by Crippen LogP contribution is 2.08. The summed E-state index contributed by atoms with van der Waals surface area (Å²) in [7, 11) is 0. The Morgan fingerprint density at radius 1 is 1.11 bits per heavy atom. The van der Waals surface area contributed by atoms with Crippen LogP contribution in [0, 0.1) is 0 Å². The third kappa shape index (κ3) is 1.53. The molecule has 0 aliphatic carbocycles. The van der Waals surface area contributed by atoms with Crippen molar-refractivity contribution in [2.75, 3.05) is 0 Å². The van der Waals surface area contributed by atoms with E-state index in [9.17, 15) is 0 Å². The second kappa shape index (κ2) is 2.81. The Labute approximate surface area is 53.2 Å². The van der Waals surface area contributed by atoms with Crippen LogP contribution < -0.4 is 5.84 Å². The molecule has 0 aromatic heterocycles. The summed E-state index contributed by atoms with van der Waals surface area (Å²) >= 11 is 0. The molecule has 1 aromatic carbocycles. The summed E-state index contributed by atoms with van der Waals surface area (Å²) in [4.78, 5) is 0. The van der Waals surface area contributed by atoms with Crippen molar-refractivity contribution in [2.24, 2.45) is 16.2 Å². The lowest BCUT2D eigenvalue weighted by molar-refractivity contribution is 1.06. The molecule has 0 aliphatic heterocycles. The van der Waals surface area contributed by atoms with Crippen molar-refractivity contribution in [3.63, 3.8) is 0 Å². The van der Waals surface area contributed by atoms with Crippen LogP contribution in [0.3, 0.4) is 0 Å². The molecule has 9 heavy (non-hydrogen) atoms. The van der Waals surface area contributed by atoms with E-state index in [1.54, 1.807) is 0 Å². The van der Waals surface area contributed by atoms with Gasteiger partial charge in [-0.1, -0.05) is 23.4 Å². The zero-order chi connectivity index (χ0) is 6.53. The molecule has 3 heteroatoms. The van der Waals surface area contributed by atoms with E-state index in [0.29, 0.717) is 0 Å². The van der Waals surface area contributed by atoms with Crippen molar-refractivity contribution in [1.29, 1.82) is 0 Å². The van der Waals surface area contributed by atoms with Crippen molar-refractivity contribution in [2.45, 2.75) is 0 Å². The molecule has 0 bridgehead atoms. The van der Waals surface area contributed by atoms with Gasteiger partial charge in [0.2, 0.25) is 0 Å². The van der Waals surface area contributed by atoms with Crippen LogP contribution in [0.1, 0.15) is 0 Å². The maximum atomic E-state index is 4.82. The molecule has 2 N–H and O–H groups in total. The first kappa shape index (κ1) is 5.75. The second-order valence-electron chi connectivity index (χ2n) is 1.55. The number of hydrogen-bond acceptors (Lipinski definition) is 2. The predicted molar refractivity (Wildman–Crippen MR) is 35.1 cm³/mol. The molecule has 0 aliphatic rings. The van der Waals surface area contributed by atoms with Gasteiger partial charge in [0, 0.05) is 0 Å². The summed E-state index contributed by atoms with van der Waals surface area (Å²) in [6.45, 7) is 0. The number of hydrogen-bond donors (Lipinski definition) is 1. The van der Waals surface area contributed by atoms with E-state index in [4.69, 9.17) is 5.84 Å². The van der Waals surface area contributed by atoms with Crippen LogP contribution in [0.25, 0.3) is 0 Å². The smallest absolute Gasteiger partial charge is 0.0874 e. The summed E-state index contributed by atoms with van der Waals surface area (Å²) in [5.74, 6) is 4.82. The third-order valence-electron chi connectivity index (χ3n) is 0.929. The van der Waals surface area contributed by atoms with E-state index in [1.807, 2.05) is 30.3 Å². The third-order valence-corrected chi connectivity index (χ3v) is 0.929. The summed E-state index contributed by atoms with van der Waals surface area (Å²) in [5.41, 5.74) is 0.778. The van der Waals surface area contributed by atoms with Gasteiger partial charge in [-0.25, -0.2) is 0 Å². The van der Waals surface area contributed by atoms with Crippen LogP contribution >= 0.6 is 0 Å². The van der Waals surface area contributed by atoms with Crippen molar-refractivity contribution >= 4 is 5.69 Å². The predicted octanol–water partition coefficient (Wildman–Crippen LogP) is 1.64. The second-order valence-corrected chi connectivity index (χ2v) is 1.55. The van der Waals surface area contributed by atoms with Gasteiger partial charge in [-0.3, -0.25) is 0 Å². The van der Waals surface area contributed by atoms with E-state index in [1.165, 1.54) is 0 Å². The Morgan fingerprint density at radius 2 is 1.78 bits per heavy atom. The molecule has 0 spiro atoms. The average Bonchev–Trinajstić information content (AvgIpc) is 1.91. The Hall–Kier alpha value is -1.38. The number of benzene rings is 1. The molecule has 3 nitrogen and oxygen atoms in total. The molecule has 1 rings (SSSR count). The SMILES string of the molecule is N/N=N\c1ccccc1. The van der Waals surface area contributed by atoms with Gasteiger partial charge in [-0.05, 0) is 12.1 Å². The minimum Gasteiger partial charge on any atom is -0.305 e. The van der Waals surface area contributed by atoms with Crippen LogP contribution in [-0.4, -0.2) is 0 Å². The van der Waals surface area contributed by atoms with Gasteiger partial charge in [0.1, 0.15) is 0 Å². The Bertz CT molecular complexity index is 193. The lowest BCUT2D eigenvalue weighted by Crippen LogP contribution is -1.72. The molecule has 0 fully saturated rings. The van der Waals surface area contributed by atoms with Crippen LogP contribution in [0.2, 0.25) is 0 Å². The molecular weight excluding hydrogens is 114 g/mol. The maximum absolute atomic E-state index is 4.82. The minimum absolute atomic E-state index is 0.778. The fourth-order valence-corrected chi connectivity index (χ4v) is 0.561. The monoisotopic (exact) mass is 121 g/mol. The topological polar surface area (TPSA) is 50.7 Å². The van der Waals surface area contributed by atoms with Crippen LogP contribution in [-0.2, 0) is 0 Å². The molecule has 0 amide bonds. The highest BCUT2D eigenvalue weighted by Gasteiger charge is 1.80. The quantitative estimate of drug-likeness (QED) is 0.342. The highest BCUT2D eigenvalue weighted by atomic mass is 15.3. The Kier molecular flexibility index (Phi) is 1.80. The van der Waals surface area contributed by atoms with E-state index >= 15 is 0 Å². The molecule has 0 atom stereocenters. The summed E-state index contributed by atoms with van der Waals surface area (Å²) in [5, 5.41) is 6.74. The molecule has 46 valence electrons. The average molecular weight is 121 g/mol. The minimum atomic E-state index is 0.778. The van der Waals surface area contributed by atoms with Crippen molar-refractivity contribution in [1.82, 2.24) is 0 Å². The van der Waals surface area contributed by atoms with Crippen LogP contribution in [0.5, 0.6) is 0 Å². The molecule has 0 heterocycles. The summed E-state index contributed by atoms with van der Waals surface area (Å²) in [6.07, 6.45) is 0. The highest BCUT2D eigenvalue weighted by molar-refractivity contribution is 5.34. The zero-order valence-electron chi connectivity index (χ0n) is 4.86. The first-order chi connectivity index (χ1) is 4.43. The largest absolute Gasteiger partial charge is 0.305 e. The Morgan fingerprint density at radius 3 is 2.33 bits per heavy atom. The molecular formula is C6H7N3. The Balaban J connectivity index is 2.85. The van der Waals surface area contributed by atoms with Gasteiger partial charge in [-0.2, -0.15) is 0 Å². The number of nitrogens with two attached hydrogens (primary N) is 1. The molecule has 1 aromatic rings. The van der Waals surface area contributed by atoms with E-state index in [2.05, 4.69) is 10.3 Å². The van der Waals surface area contributed by atoms with Gasteiger partial charge in [-0.15, -0.1) is 5.11 Å². The fourth-order valence-electron chi connectivity index (χ4n) is 0.561. The maximum Gasteiger partial charge on any atom is 0.0874 e. The van der Waals surface area contributed by atoms with Gasteiger partial charge in [0.25, 0.3) is 0 Å². The van der Waals surface area contributed by atoms with Crippen molar-refractivity contribution in [3.05, 3.63) is 30.3 Å². The molecule has 0 saturated carbocycles. The van der Waals surface area contributed by atoms with E-state index in [-0.39, 0.29) is 0 Å². The molecule has 0 unspecified atom stereocenters. The number of nitrogens with zero attached hydrogens (tertiary/aromatic N) is 2. The lowest BCUT2D eigenvalue weighted by Gasteiger charge is -1.84. The molecule has 0 saturated heterocycles. The first-order valence-electron chi connectivity index (χ1n) is 2.59. The normalized spacial score (nSPS) is 10.2. The van der Waals surface area contributed by atoms with E-state index < -0.39 is 0 Å². The van der Waals surface area contributed by atoms with Crippen molar-refractivity contribution in [3.8, 4) is 0 Å². The van der Waals surface area contributed by atoms with Crippen LogP contribution in [0.15, 0.2) is 40.7 Å². The summed E-state index contributed by atoms with van der Waals surface area (Å²) < 4.78 is 0. The standard InChI is InChI=1S/C6H7N3/c7-9-8-6-4-2-1-3-5-6/h1-5H,(H2,7,8).